The Morgan fingerprint density at radius 1 is 1.04 bits per heavy atom. The standard InChI is InChI=1S/C17H23N3O6/c1-3-9-18-17(24)20-14(21)11-26-15(22)10-19-16(23)12-7-5-6-8-13(12)25-4-2/h5-8H,3-4,9-11H2,1-2H3,(H,19,23)(H2,18,20,21,24). The number of urea groups is 1. The Hall–Kier alpha value is -3.10. The summed E-state index contributed by atoms with van der Waals surface area (Å²) < 4.78 is 10.0. The van der Waals surface area contributed by atoms with Crippen LogP contribution >= 0.6 is 0 Å². The van der Waals surface area contributed by atoms with Gasteiger partial charge in [-0.25, -0.2) is 4.79 Å². The quantitative estimate of drug-likeness (QED) is 0.551. The first-order valence-electron chi connectivity index (χ1n) is 8.21. The fourth-order valence-electron chi connectivity index (χ4n) is 1.83. The van der Waals surface area contributed by atoms with Gasteiger partial charge < -0.3 is 20.1 Å². The lowest BCUT2D eigenvalue weighted by molar-refractivity contribution is -0.147. The summed E-state index contributed by atoms with van der Waals surface area (Å²) in [5.74, 6) is -1.68. The number of carbonyl (C=O) groups excluding carboxylic acids is 4. The molecule has 142 valence electrons. The SMILES string of the molecule is CCCNC(=O)NC(=O)COC(=O)CNC(=O)c1ccccc1OCC. The second-order valence-corrected chi connectivity index (χ2v) is 5.08. The van der Waals surface area contributed by atoms with E-state index in [0.29, 0.717) is 18.9 Å². The zero-order chi connectivity index (χ0) is 19.4. The maximum Gasteiger partial charge on any atom is 0.325 e. The van der Waals surface area contributed by atoms with Crippen molar-refractivity contribution in [1.29, 1.82) is 0 Å². The highest BCUT2D eigenvalue weighted by atomic mass is 16.5. The number of benzene rings is 1. The van der Waals surface area contributed by atoms with Crippen molar-refractivity contribution in [3.05, 3.63) is 29.8 Å². The number of amides is 4. The van der Waals surface area contributed by atoms with Gasteiger partial charge in [0.15, 0.2) is 6.61 Å². The monoisotopic (exact) mass is 365 g/mol. The van der Waals surface area contributed by atoms with Crippen molar-refractivity contribution in [3.63, 3.8) is 0 Å². The Morgan fingerprint density at radius 2 is 1.77 bits per heavy atom. The van der Waals surface area contributed by atoms with Gasteiger partial charge in [0.1, 0.15) is 12.3 Å². The number of hydrogen-bond acceptors (Lipinski definition) is 6. The summed E-state index contributed by atoms with van der Waals surface area (Å²) in [5.41, 5.74) is 0.285. The zero-order valence-corrected chi connectivity index (χ0v) is 14.8. The summed E-state index contributed by atoms with van der Waals surface area (Å²) in [6.07, 6.45) is 0.725. The first-order valence-corrected chi connectivity index (χ1v) is 8.21. The smallest absolute Gasteiger partial charge is 0.325 e. The van der Waals surface area contributed by atoms with Crippen LogP contribution in [-0.4, -0.2) is 50.1 Å². The third-order valence-corrected chi connectivity index (χ3v) is 2.98. The Labute approximate surface area is 151 Å². The fraction of sp³-hybridized carbons (Fsp3) is 0.412. The van der Waals surface area contributed by atoms with Gasteiger partial charge in [-0.2, -0.15) is 0 Å². The van der Waals surface area contributed by atoms with Crippen molar-refractivity contribution in [1.82, 2.24) is 16.0 Å². The first kappa shape index (κ1) is 20.9. The van der Waals surface area contributed by atoms with Crippen molar-refractivity contribution in [2.45, 2.75) is 20.3 Å². The molecule has 26 heavy (non-hydrogen) atoms. The predicted octanol–water partition coefficient (Wildman–Crippen LogP) is 0.594. The molecule has 0 radical (unpaired) electrons. The van der Waals surface area contributed by atoms with Gasteiger partial charge in [-0.3, -0.25) is 19.7 Å². The molecule has 0 bridgehead atoms. The lowest BCUT2D eigenvalue weighted by Crippen LogP contribution is -2.42. The Balaban J connectivity index is 2.37. The van der Waals surface area contributed by atoms with E-state index in [1.165, 1.54) is 0 Å². The van der Waals surface area contributed by atoms with Crippen molar-refractivity contribution >= 4 is 23.8 Å². The van der Waals surface area contributed by atoms with E-state index in [2.05, 4.69) is 10.6 Å². The summed E-state index contributed by atoms with van der Waals surface area (Å²) in [6.45, 7) is 3.43. The number of imide groups is 1. The number of rotatable bonds is 9. The van der Waals surface area contributed by atoms with E-state index in [0.717, 1.165) is 6.42 Å². The van der Waals surface area contributed by atoms with Gasteiger partial charge in [-0.15, -0.1) is 0 Å². The molecule has 0 aliphatic carbocycles. The molecule has 0 spiro atoms. The third kappa shape index (κ3) is 7.65. The summed E-state index contributed by atoms with van der Waals surface area (Å²) in [6, 6.07) is 5.95. The number of nitrogens with one attached hydrogen (secondary N) is 3. The van der Waals surface area contributed by atoms with Gasteiger partial charge >= 0.3 is 12.0 Å². The molecule has 0 aliphatic heterocycles. The van der Waals surface area contributed by atoms with Gasteiger partial charge in [-0.1, -0.05) is 19.1 Å². The van der Waals surface area contributed by atoms with Crippen LogP contribution in [0.4, 0.5) is 4.79 Å². The minimum absolute atomic E-state index is 0.285. The van der Waals surface area contributed by atoms with Crippen LogP contribution in [-0.2, 0) is 14.3 Å². The molecular weight excluding hydrogens is 342 g/mol. The molecule has 9 nitrogen and oxygen atoms in total. The van der Waals surface area contributed by atoms with Crippen LogP contribution in [0.5, 0.6) is 5.75 Å². The minimum atomic E-state index is -0.809. The number of para-hydroxylation sites is 1. The molecule has 0 aliphatic rings. The van der Waals surface area contributed by atoms with E-state index >= 15 is 0 Å². The zero-order valence-electron chi connectivity index (χ0n) is 14.8. The highest BCUT2D eigenvalue weighted by Crippen LogP contribution is 2.17. The molecule has 0 saturated heterocycles. The first-order chi connectivity index (χ1) is 12.5. The highest BCUT2D eigenvalue weighted by molar-refractivity contribution is 5.98. The normalized spacial score (nSPS) is 9.77. The minimum Gasteiger partial charge on any atom is -0.493 e. The molecule has 4 amide bonds. The maximum atomic E-state index is 12.1. The predicted molar refractivity (Wildman–Crippen MR) is 92.7 cm³/mol. The molecular formula is C17H23N3O6. The van der Waals surface area contributed by atoms with Crippen LogP contribution in [0.2, 0.25) is 0 Å². The Bertz CT molecular complexity index is 647. The van der Waals surface area contributed by atoms with Crippen molar-refractivity contribution in [3.8, 4) is 5.75 Å². The molecule has 0 unspecified atom stereocenters. The van der Waals surface area contributed by atoms with Gasteiger partial charge in [0.25, 0.3) is 11.8 Å². The number of esters is 1. The van der Waals surface area contributed by atoms with Crippen LogP contribution in [0.15, 0.2) is 24.3 Å². The summed E-state index contributed by atoms with van der Waals surface area (Å²) >= 11 is 0. The van der Waals surface area contributed by atoms with Crippen LogP contribution in [0.25, 0.3) is 0 Å². The molecule has 1 rings (SSSR count). The molecule has 1 aromatic carbocycles. The average Bonchev–Trinajstić information content (AvgIpc) is 2.63. The van der Waals surface area contributed by atoms with Crippen molar-refractivity contribution in [2.75, 3.05) is 26.3 Å². The molecule has 0 aromatic heterocycles. The van der Waals surface area contributed by atoms with Crippen LogP contribution in [0.3, 0.4) is 0 Å². The molecule has 0 saturated carbocycles. The Kier molecular flexibility index (Phi) is 9.23. The van der Waals surface area contributed by atoms with E-state index in [1.807, 2.05) is 12.2 Å². The second kappa shape index (κ2) is 11.5. The summed E-state index contributed by atoms with van der Waals surface area (Å²) in [5, 5.41) is 6.84. The van der Waals surface area contributed by atoms with E-state index < -0.39 is 37.0 Å². The van der Waals surface area contributed by atoms with Crippen LogP contribution < -0.4 is 20.7 Å². The molecule has 9 heteroatoms. The number of carbonyl (C=O) groups is 4. The van der Waals surface area contributed by atoms with E-state index in [1.54, 1.807) is 31.2 Å². The van der Waals surface area contributed by atoms with Gasteiger partial charge in [0.05, 0.1) is 12.2 Å². The lowest BCUT2D eigenvalue weighted by Gasteiger charge is -2.10. The van der Waals surface area contributed by atoms with Crippen molar-refractivity contribution < 1.29 is 28.7 Å². The summed E-state index contributed by atoms with van der Waals surface area (Å²) in [4.78, 5) is 46.4. The fourth-order valence-corrected chi connectivity index (χ4v) is 1.83. The van der Waals surface area contributed by atoms with Crippen molar-refractivity contribution in [2.24, 2.45) is 0 Å². The summed E-state index contributed by atoms with van der Waals surface area (Å²) in [7, 11) is 0. The molecule has 1 aromatic rings. The average molecular weight is 365 g/mol. The lowest BCUT2D eigenvalue weighted by atomic mass is 10.2. The number of ether oxygens (including phenoxy) is 2. The molecule has 0 atom stereocenters. The molecule has 3 N–H and O–H groups in total. The molecule has 0 fully saturated rings. The van der Waals surface area contributed by atoms with E-state index in [4.69, 9.17) is 9.47 Å². The van der Waals surface area contributed by atoms with Crippen LogP contribution in [0.1, 0.15) is 30.6 Å². The van der Waals surface area contributed by atoms with Gasteiger partial charge in [0, 0.05) is 6.54 Å². The molecule has 0 heterocycles. The largest absolute Gasteiger partial charge is 0.493 e. The maximum absolute atomic E-state index is 12.1. The van der Waals surface area contributed by atoms with Gasteiger partial charge in [0.2, 0.25) is 0 Å². The van der Waals surface area contributed by atoms with Crippen LogP contribution in [0, 0.1) is 0 Å². The second-order valence-electron chi connectivity index (χ2n) is 5.08. The Morgan fingerprint density at radius 3 is 2.46 bits per heavy atom. The van der Waals surface area contributed by atoms with E-state index in [9.17, 15) is 19.2 Å². The van der Waals surface area contributed by atoms with E-state index in [-0.39, 0.29) is 5.56 Å². The third-order valence-electron chi connectivity index (χ3n) is 2.98. The van der Waals surface area contributed by atoms with Gasteiger partial charge in [-0.05, 0) is 25.5 Å². The topological polar surface area (TPSA) is 123 Å². The highest BCUT2D eigenvalue weighted by Gasteiger charge is 2.15. The number of hydrogen-bond donors (Lipinski definition) is 3.